The third-order valence-electron chi connectivity index (χ3n) is 5.58. The number of hydrogen-bond donors (Lipinski definition) is 1. The summed E-state index contributed by atoms with van der Waals surface area (Å²) in [5.74, 6) is 0.109. The van der Waals surface area contributed by atoms with Crippen LogP contribution in [0.3, 0.4) is 0 Å². The number of rotatable bonds is 8. The smallest absolute Gasteiger partial charge is 0.408 e. The van der Waals surface area contributed by atoms with Crippen molar-refractivity contribution >= 4 is 23.0 Å². The lowest BCUT2D eigenvalue weighted by molar-refractivity contribution is -0.137. The normalized spacial score (nSPS) is 11.7. The molecule has 8 heteroatoms. The van der Waals surface area contributed by atoms with E-state index in [2.05, 4.69) is 5.32 Å². The Hall–Kier alpha value is -4.59. The molecule has 4 aromatic rings. The highest BCUT2D eigenvalue weighted by Gasteiger charge is 2.27. The van der Waals surface area contributed by atoms with Crippen molar-refractivity contribution in [2.45, 2.75) is 33.4 Å². The van der Waals surface area contributed by atoms with Gasteiger partial charge >= 0.3 is 12.1 Å². The molecule has 8 nitrogen and oxygen atoms in total. The zero-order valence-corrected chi connectivity index (χ0v) is 20.7. The molecule has 0 unspecified atom stereocenters. The zero-order chi connectivity index (χ0) is 26.4. The Morgan fingerprint density at radius 3 is 2.27 bits per heavy atom. The Bertz CT molecular complexity index is 1450. The highest BCUT2D eigenvalue weighted by Crippen LogP contribution is 2.27. The second-order valence-electron chi connectivity index (χ2n) is 8.74. The van der Waals surface area contributed by atoms with E-state index in [1.807, 2.05) is 36.4 Å². The molecule has 0 saturated heterocycles. The van der Waals surface area contributed by atoms with Gasteiger partial charge < -0.3 is 23.9 Å². The fraction of sp³-hybridized carbons (Fsp3) is 0.207. The molecular weight excluding hydrogens is 474 g/mol. The lowest BCUT2D eigenvalue weighted by Gasteiger charge is -2.20. The van der Waals surface area contributed by atoms with Crippen LogP contribution in [0.1, 0.15) is 25.2 Å². The standard InChI is InChI=1S/C29H27NO7/c1-18(2)25(30-29(33)34-17-20-10-6-4-7-11-20)28(32)37-22-14-15-23-24(16-22)35-19(3)27(26(23)31)36-21-12-8-5-9-13-21/h4-16,18,25H,17H2,1-3H3,(H,30,33)/t25-/m1/s1. The van der Waals surface area contributed by atoms with Gasteiger partial charge in [-0.15, -0.1) is 0 Å². The molecule has 1 atom stereocenters. The molecule has 1 N–H and O–H groups in total. The second kappa shape index (κ2) is 11.4. The van der Waals surface area contributed by atoms with Crippen LogP contribution in [-0.2, 0) is 16.1 Å². The third-order valence-corrected chi connectivity index (χ3v) is 5.58. The molecule has 37 heavy (non-hydrogen) atoms. The molecule has 0 aliphatic carbocycles. The van der Waals surface area contributed by atoms with E-state index in [0.717, 1.165) is 5.56 Å². The first kappa shape index (κ1) is 25.5. The van der Waals surface area contributed by atoms with Gasteiger partial charge in [-0.3, -0.25) is 4.79 Å². The van der Waals surface area contributed by atoms with E-state index in [4.69, 9.17) is 18.6 Å². The molecule has 190 valence electrons. The molecular formula is C29H27NO7. The highest BCUT2D eigenvalue weighted by molar-refractivity contribution is 5.85. The van der Waals surface area contributed by atoms with Gasteiger partial charge in [0.1, 0.15) is 35.5 Å². The van der Waals surface area contributed by atoms with Crippen molar-refractivity contribution < 1.29 is 28.2 Å². The van der Waals surface area contributed by atoms with Crippen molar-refractivity contribution in [3.05, 3.63) is 100 Å². The highest BCUT2D eigenvalue weighted by atomic mass is 16.6. The number of ether oxygens (including phenoxy) is 3. The number of para-hydroxylation sites is 1. The maximum atomic E-state index is 13.0. The van der Waals surface area contributed by atoms with Crippen molar-refractivity contribution in [3.63, 3.8) is 0 Å². The maximum Gasteiger partial charge on any atom is 0.408 e. The molecule has 0 fully saturated rings. The molecule has 0 aliphatic rings. The summed E-state index contributed by atoms with van der Waals surface area (Å²) in [4.78, 5) is 38.2. The van der Waals surface area contributed by atoms with E-state index >= 15 is 0 Å². The molecule has 0 aliphatic heterocycles. The SMILES string of the molecule is Cc1oc2cc(OC(=O)[C@H](NC(=O)OCc3ccccc3)C(C)C)ccc2c(=O)c1Oc1ccccc1. The number of alkyl carbamates (subject to hydrolysis) is 1. The van der Waals surface area contributed by atoms with Crippen LogP contribution in [0.5, 0.6) is 17.2 Å². The molecule has 1 heterocycles. The summed E-state index contributed by atoms with van der Waals surface area (Å²) in [6.07, 6.45) is -0.731. The third kappa shape index (κ3) is 6.35. The van der Waals surface area contributed by atoms with Gasteiger partial charge in [0.25, 0.3) is 0 Å². The molecule has 4 rings (SSSR count). The number of aryl methyl sites for hydroxylation is 1. The lowest BCUT2D eigenvalue weighted by atomic mass is 10.1. The number of nitrogens with one attached hydrogen (secondary N) is 1. The van der Waals surface area contributed by atoms with E-state index in [1.165, 1.54) is 18.2 Å². The Morgan fingerprint density at radius 1 is 0.919 bits per heavy atom. The first-order valence-corrected chi connectivity index (χ1v) is 11.8. The van der Waals surface area contributed by atoms with Gasteiger partial charge in [-0.25, -0.2) is 9.59 Å². The molecule has 0 radical (unpaired) electrons. The minimum Gasteiger partial charge on any atom is -0.457 e. The number of amides is 1. The average molecular weight is 502 g/mol. The van der Waals surface area contributed by atoms with Crippen molar-refractivity contribution in [2.75, 3.05) is 0 Å². The molecule has 1 amide bonds. The van der Waals surface area contributed by atoms with Crippen LogP contribution in [-0.4, -0.2) is 18.1 Å². The Kier molecular flexibility index (Phi) is 7.88. The fourth-order valence-electron chi connectivity index (χ4n) is 3.63. The molecule has 3 aromatic carbocycles. The summed E-state index contributed by atoms with van der Waals surface area (Å²) in [5.41, 5.74) is 0.722. The summed E-state index contributed by atoms with van der Waals surface area (Å²) in [7, 11) is 0. The molecule has 0 spiro atoms. The van der Waals surface area contributed by atoms with Crippen LogP contribution in [0, 0.1) is 12.8 Å². The summed E-state index contributed by atoms with van der Waals surface area (Å²) in [5, 5.41) is 2.84. The fourth-order valence-corrected chi connectivity index (χ4v) is 3.63. The van der Waals surface area contributed by atoms with Crippen LogP contribution in [0.25, 0.3) is 11.0 Å². The first-order valence-electron chi connectivity index (χ1n) is 11.8. The molecule has 1 aromatic heterocycles. The number of carbonyl (C=O) groups excluding carboxylic acids is 2. The predicted molar refractivity (Wildman–Crippen MR) is 138 cm³/mol. The van der Waals surface area contributed by atoms with Crippen molar-refractivity contribution in [1.82, 2.24) is 5.32 Å². The number of esters is 1. The van der Waals surface area contributed by atoms with E-state index in [1.54, 1.807) is 45.0 Å². The Balaban J connectivity index is 1.46. The minimum absolute atomic E-state index is 0.0750. The van der Waals surface area contributed by atoms with Gasteiger partial charge in [0.15, 0.2) is 0 Å². The van der Waals surface area contributed by atoms with Crippen LogP contribution in [0.2, 0.25) is 0 Å². The van der Waals surface area contributed by atoms with Crippen LogP contribution < -0.4 is 20.2 Å². The van der Waals surface area contributed by atoms with Gasteiger partial charge in [-0.05, 0) is 42.7 Å². The van der Waals surface area contributed by atoms with Crippen LogP contribution >= 0.6 is 0 Å². The lowest BCUT2D eigenvalue weighted by Crippen LogP contribution is -2.46. The largest absolute Gasteiger partial charge is 0.457 e. The van der Waals surface area contributed by atoms with E-state index < -0.39 is 18.1 Å². The van der Waals surface area contributed by atoms with Crippen molar-refractivity contribution in [2.24, 2.45) is 5.92 Å². The number of carbonyl (C=O) groups is 2. The van der Waals surface area contributed by atoms with Crippen LogP contribution in [0.4, 0.5) is 4.79 Å². The van der Waals surface area contributed by atoms with E-state index in [-0.39, 0.29) is 46.2 Å². The van der Waals surface area contributed by atoms with Gasteiger partial charge in [-0.1, -0.05) is 62.4 Å². The molecule has 0 bridgehead atoms. The summed E-state index contributed by atoms with van der Waals surface area (Å²) in [6, 6.07) is 21.6. The quantitative estimate of drug-likeness (QED) is 0.242. The van der Waals surface area contributed by atoms with E-state index in [0.29, 0.717) is 5.75 Å². The van der Waals surface area contributed by atoms with Crippen LogP contribution in [0.15, 0.2) is 88.1 Å². The number of hydrogen-bond acceptors (Lipinski definition) is 7. The first-order chi connectivity index (χ1) is 17.8. The predicted octanol–water partition coefficient (Wildman–Crippen LogP) is 5.75. The average Bonchev–Trinajstić information content (AvgIpc) is 2.89. The second-order valence-corrected chi connectivity index (χ2v) is 8.74. The maximum absolute atomic E-state index is 13.0. The summed E-state index contributed by atoms with van der Waals surface area (Å²) in [6.45, 7) is 5.25. The Labute approximate surface area is 213 Å². The number of benzene rings is 3. The Morgan fingerprint density at radius 2 is 1.59 bits per heavy atom. The summed E-state index contributed by atoms with van der Waals surface area (Å²) < 4.78 is 22.3. The minimum atomic E-state index is -0.950. The monoisotopic (exact) mass is 501 g/mol. The molecule has 0 saturated carbocycles. The number of fused-ring (bicyclic) bond motifs is 1. The van der Waals surface area contributed by atoms with Gasteiger partial charge in [0.05, 0.1) is 5.39 Å². The topological polar surface area (TPSA) is 104 Å². The van der Waals surface area contributed by atoms with E-state index in [9.17, 15) is 14.4 Å². The van der Waals surface area contributed by atoms with Crippen molar-refractivity contribution in [3.8, 4) is 17.2 Å². The van der Waals surface area contributed by atoms with Gasteiger partial charge in [0.2, 0.25) is 11.2 Å². The summed E-state index contributed by atoms with van der Waals surface area (Å²) >= 11 is 0. The van der Waals surface area contributed by atoms with Gasteiger partial charge in [0, 0.05) is 6.07 Å². The zero-order valence-electron chi connectivity index (χ0n) is 20.7. The van der Waals surface area contributed by atoms with Crippen molar-refractivity contribution in [1.29, 1.82) is 0 Å². The van der Waals surface area contributed by atoms with Gasteiger partial charge in [-0.2, -0.15) is 0 Å².